The van der Waals surface area contributed by atoms with Crippen LogP contribution in [0.5, 0.6) is 0 Å². The van der Waals surface area contributed by atoms with Crippen molar-refractivity contribution in [1.29, 1.82) is 0 Å². The van der Waals surface area contributed by atoms with E-state index in [0.717, 1.165) is 33.4 Å². The van der Waals surface area contributed by atoms with E-state index in [4.69, 9.17) is 11.6 Å². The number of aromatic nitrogens is 4. The van der Waals surface area contributed by atoms with Gasteiger partial charge in [-0.05, 0) is 71.8 Å². The second-order valence-corrected chi connectivity index (χ2v) is 10.8. The summed E-state index contributed by atoms with van der Waals surface area (Å²) in [5.41, 5.74) is 5.16. The Bertz CT molecular complexity index is 1770. The van der Waals surface area contributed by atoms with Gasteiger partial charge in [0.1, 0.15) is 11.6 Å². The monoisotopic (exact) mass is 596 g/mol. The van der Waals surface area contributed by atoms with Gasteiger partial charge in [-0.3, -0.25) is 19.4 Å². The standard InChI is InChI=1S/C33H27ClF2N6O/c34-26-5-10-30-31(11-12-37-32(30)17-26)38-13-14-42-21-29(39-40-42)20-41-18-24(15-22-1-6-27(35)7-2-22)33(43)25(19-41)16-23-3-8-28(36)9-4-23/h1-12,15-17,21H,13-14,18-20H2,(H,37,38)/b24-15+,25-16+. The van der Waals surface area contributed by atoms with E-state index in [0.29, 0.717) is 48.9 Å². The van der Waals surface area contributed by atoms with Gasteiger partial charge in [0.15, 0.2) is 5.78 Å². The molecule has 0 atom stereocenters. The van der Waals surface area contributed by atoms with Gasteiger partial charge in [0.25, 0.3) is 0 Å². The number of anilines is 1. The van der Waals surface area contributed by atoms with Crippen LogP contribution in [0, 0.1) is 11.6 Å². The normalized spacial score (nSPS) is 15.9. The van der Waals surface area contributed by atoms with Gasteiger partial charge in [0, 0.05) is 65.8 Å². The number of halogens is 3. The van der Waals surface area contributed by atoms with Crippen molar-refractivity contribution in [1.82, 2.24) is 24.9 Å². The number of benzene rings is 3. The molecular formula is C33H27ClF2N6O. The lowest BCUT2D eigenvalue weighted by atomic mass is 9.94. The van der Waals surface area contributed by atoms with Crippen molar-refractivity contribution in [2.45, 2.75) is 13.1 Å². The Kier molecular flexibility index (Phi) is 8.35. The summed E-state index contributed by atoms with van der Waals surface area (Å²) in [5, 5.41) is 13.7. The van der Waals surface area contributed by atoms with Crippen molar-refractivity contribution in [3.8, 4) is 0 Å². The zero-order valence-corrected chi connectivity index (χ0v) is 23.8. The maximum absolute atomic E-state index is 13.5. The quantitative estimate of drug-likeness (QED) is 0.208. The molecule has 7 nitrogen and oxygen atoms in total. The number of carbonyl (C=O) groups excluding carboxylic acids is 1. The highest BCUT2D eigenvalue weighted by Gasteiger charge is 2.27. The molecule has 3 heterocycles. The summed E-state index contributed by atoms with van der Waals surface area (Å²) in [6.07, 6.45) is 7.21. The number of Topliss-reactive ketones (excluding diaryl/α,β-unsaturated/α-hetero) is 1. The van der Waals surface area contributed by atoms with Crippen LogP contribution in [0.2, 0.25) is 5.02 Å². The lowest BCUT2D eigenvalue weighted by molar-refractivity contribution is -0.113. The van der Waals surface area contributed by atoms with E-state index in [9.17, 15) is 13.6 Å². The van der Waals surface area contributed by atoms with Gasteiger partial charge in [-0.2, -0.15) is 0 Å². The van der Waals surface area contributed by atoms with Gasteiger partial charge in [-0.1, -0.05) is 41.1 Å². The van der Waals surface area contributed by atoms with Gasteiger partial charge in [0.05, 0.1) is 17.8 Å². The van der Waals surface area contributed by atoms with E-state index in [1.165, 1.54) is 24.3 Å². The molecule has 0 spiro atoms. The Balaban J connectivity index is 1.16. The number of ketones is 1. The number of nitrogens with zero attached hydrogens (tertiary/aromatic N) is 5. The highest BCUT2D eigenvalue weighted by atomic mass is 35.5. The first kappa shape index (κ1) is 28.4. The van der Waals surface area contributed by atoms with Crippen molar-refractivity contribution in [3.63, 3.8) is 0 Å². The number of fused-ring (bicyclic) bond motifs is 1. The Morgan fingerprint density at radius 2 is 1.53 bits per heavy atom. The van der Waals surface area contributed by atoms with Crippen molar-refractivity contribution >= 4 is 46.1 Å². The molecule has 0 amide bonds. The molecule has 0 saturated carbocycles. The molecule has 1 fully saturated rings. The summed E-state index contributed by atoms with van der Waals surface area (Å²) >= 11 is 6.10. The molecule has 0 bridgehead atoms. The minimum absolute atomic E-state index is 0.0921. The molecule has 216 valence electrons. The number of likely N-dealkylation sites (tertiary alicyclic amines) is 1. The molecule has 3 aromatic carbocycles. The van der Waals surface area contributed by atoms with Gasteiger partial charge in [-0.15, -0.1) is 5.10 Å². The smallest absolute Gasteiger partial charge is 0.187 e. The molecule has 43 heavy (non-hydrogen) atoms. The molecule has 0 unspecified atom stereocenters. The highest BCUT2D eigenvalue weighted by Crippen LogP contribution is 2.25. The minimum atomic E-state index is -0.340. The number of piperidine rings is 1. The Hall–Kier alpha value is -4.73. The molecule has 10 heteroatoms. The maximum Gasteiger partial charge on any atom is 0.187 e. The third kappa shape index (κ3) is 7.02. The maximum atomic E-state index is 13.5. The summed E-state index contributed by atoms with van der Waals surface area (Å²) in [6.45, 7) is 2.47. The Labute approximate surface area is 252 Å². The van der Waals surface area contributed by atoms with Crippen LogP contribution in [-0.4, -0.2) is 50.3 Å². The molecule has 5 aromatic rings. The minimum Gasteiger partial charge on any atom is -0.383 e. The molecule has 0 aliphatic carbocycles. The average molecular weight is 597 g/mol. The largest absolute Gasteiger partial charge is 0.383 e. The van der Waals surface area contributed by atoms with Gasteiger partial charge in [0.2, 0.25) is 0 Å². The van der Waals surface area contributed by atoms with Crippen LogP contribution in [0.15, 0.2) is 96.3 Å². The second kappa shape index (κ2) is 12.6. The zero-order valence-electron chi connectivity index (χ0n) is 23.1. The van der Waals surface area contributed by atoms with E-state index in [1.54, 1.807) is 47.3 Å². The fraction of sp³-hybridized carbons (Fsp3) is 0.152. The van der Waals surface area contributed by atoms with E-state index < -0.39 is 0 Å². The van der Waals surface area contributed by atoms with Crippen LogP contribution < -0.4 is 5.32 Å². The number of nitrogens with one attached hydrogen (secondary N) is 1. The molecule has 0 radical (unpaired) electrons. The van der Waals surface area contributed by atoms with E-state index >= 15 is 0 Å². The Morgan fingerprint density at radius 3 is 2.19 bits per heavy atom. The van der Waals surface area contributed by atoms with Crippen LogP contribution in [0.25, 0.3) is 23.1 Å². The Morgan fingerprint density at radius 1 is 0.884 bits per heavy atom. The predicted octanol–water partition coefficient (Wildman–Crippen LogP) is 6.42. The molecule has 1 aliphatic heterocycles. The predicted molar refractivity (Wildman–Crippen MR) is 164 cm³/mol. The SMILES string of the molecule is O=C1/C(=C/c2ccc(F)cc2)CN(Cc2cn(CCNc3ccnc4cc(Cl)ccc34)nn2)C/C1=C\c1ccc(F)cc1. The third-order valence-corrected chi connectivity index (χ3v) is 7.36. The molecule has 1 N–H and O–H groups in total. The second-order valence-electron chi connectivity index (χ2n) is 10.3. The van der Waals surface area contributed by atoms with Crippen molar-refractivity contribution in [2.75, 3.05) is 25.0 Å². The first-order valence-electron chi connectivity index (χ1n) is 13.8. The van der Waals surface area contributed by atoms with E-state index in [-0.39, 0.29) is 17.4 Å². The summed E-state index contributed by atoms with van der Waals surface area (Å²) < 4.78 is 28.7. The summed E-state index contributed by atoms with van der Waals surface area (Å²) in [4.78, 5) is 19.9. The van der Waals surface area contributed by atoms with Crippen molar-refractivity contribution < 1.29 is 13.6 Å². The van der Waals surface area contributed by atoms with Crippen LogP contribution in [-0.2, 0) is 17.9 Å². The molecule has 2 aromatic heterocycles. The van der Waals surface area contributed by atoms with Gasteiger partial charge < -0.3 is 5.32 Å². The van der Waals surface area contributed by atoms with E-state index in [2.05, 4.69) is 25.5 Å². The number of pyridine rings is 1. The van der Waals surface area contributed by atoms with Crippen LogP contribution in [0.4, 0.5) is 14.5 Å². The van der Waals surface area contributed by atoms with Crippen LogP contribution >= 0.6 is 11.6 Å². The highest BCUT2D eigenvalue weighted by molar-refractivity contribution is 6.31. The fourth-order valence-electron chi connectivity index (χ4n) is 5.07. The fourth-order valence-corrected chi connectivity index (χ4v) is 5.24. The third-order valence-electron chi connectivity index (χ3n) is 7.13. The van der Waals surface area contributed by atoms with Crippen molar-refractivity contribution in [3.05, 3.63) is 130 Å². The molecule has 1 aliphatic rings. The lowest BCUT2D eigenvalue weighted by Crippen LogP contribution is -2.37. The van der Waals surface area contributed by atoms with Gasteiger partial charge in [-0.25, -0.2) is 8.78 Å². The lowest BCUT2D eigenvalue weighted by Gasteiger charge is -2.29. The van der Waals surface area contributed by atoms with Gasteiger partial charge >= 0.3 is 0 Å². The zero-order chi connectivity index (χ0) is 29.8. The summed E-state index contributed by atoms with van der Waals surface area (Å²) in [6, 6.07) is 19.6. The average Bonchev–Trinajstić information content (AvgIpc) is 3.44. The summed E-state index contributed by atoms with van der Waals surface area (Å²) in [7, 11) is 0. The topological polar surface area (TPSA) is 75.9 Å². The summed E-state index contributed by atoms with van der Waals surface area (Å²) in [5.74, 6) is -0.772. The molecule has 6 rings (SSSR count). The van der Waals surface area contributed by atoms with Crippen LogP contribution in [0.3, 0.4) is 0 Å². The number of hydrogen-bond acceptors (Lipinski definition) is 6. The van der Waals surface area contributed by atoms with E-state index in [1.807, 2.05) is 30.5 Å². The van der Waals surface area contributed by atoms with Crippen LogP contribution in [0.1, 0.15) is 16.8 Å². The molecular weight excluding hydrogens is 570 g/mol. The number of hydrogen-bond donors (Lipinski definition) is 1. The molecule has 1 saturated heterocycles. The first-order valence-corrected chi connectivity index (χ1v) is 14.1. The number of carbonyl (C=O) groups is 1. The van der Waals surface area contributed by atoms with Crippen molar-refractivity contribution in [2.24, 2.45) is 0 Å². The number of rotatable bonds is 8. The first-order chi connectivity index (χ1) is 20.9.